The van der Waals surface area contributed by atoms with Crippen molar-refractivity contribution in [1.82, 2.24) is 9.97 Å². The van der Waals surface area contributed by atoms with E-state index in [9.17, 15) is 0 Å². The van der Waals surface area contributed by atoms with Crippen LogP contribution in [-0.2, 0) is 0 Å². The molecule has 0 fully saturated rings. The smallest absolute Gasteiger partial charge is 0.224 e. The van der Waals surface area contributed by atoms with Crippen molar-refractivity contribution >= 4 is 23.3 Å². The topological polar surface area (TPSA) is 87.9 Å². The van der Waals surface area contributed by atoms with Gasteiger partial charge in [0, 0.05) is 19.6 Å². The summed E-state index contributed by atoms with van der Waals surface area (Å²) in [4.78, 5) is 8.37. The Labute approximate surface area is 95.0 Å². The fourth-order valence-electron chi connectivity index (χ4n) is 1.57. The Kier molecular flexibility index (Phi) is 2.98. The molecule has 0 bridgehead atoms. The number of nitrogens with zero attached hydrogens (tertiary/aromatic N) is 2. The molecule has 88 valence electrons. The predicted molar refractivity (Wildman–Crippen MR) is 66.8 cm³/mol. The minimum atomic E-state index is 0.293. The van der Waals surface area contributed by atoms with Gasteiger partial charge in [0.15, 0.2) is 11.6 Å². The number of nitrogens with two attached hydrogens (primary N) is 1. The maximum absolute atomic E-state index is 5.66. The second kappa shape index (κ2) is 4.42. The van der Waals surface area contributed by atoms with Crippen LogP contribution in [0.15, 0.2) is 0 Å². The number of nitrogens with one attached hydrogen (secondary N) is 3. The molecule has 1 aromatic heterocycles. The van der Waals surface area contributed by atoms with Gasteiger partial charge in [-0.3, -0.25) is 0 Å². The average molecular weight is 222 g/mol. The van der Waals surface area contributed by atoms with Crippen LogP contribution in [0.4, 0.5) is 23.3 Å². The van der Waals surface area contributed by atoms with Crippen molar-refractivity contribution in [3.63, 3.8) is 0 Å². The van der Waals surface area contributed by atoms with Gasteiger partial charge in [-0.25, -0.2) is 0 Å². The molecule has 6 heteroatoms. The average Bonchev–Trinajstić information content (AvgIpc) is 2.25. The Morgan fingerprint density at radius 2 is 2.06 bits per heavy atom. The number of hydrogen-bond acceptors (Lipinski definition) is 6. The Hall–Kier alpha value is -1.72. The number of aromatic nitrogens is 2. The fourth-order valence-corrected chi connectivity index (χ4v) is 1.57. The highest BCUT2D eigenvalue weighted by Gasteiger charge is 2.16. The van der Waals surface area contributed by atoms with E-state index in [1.807, 2.05) is 0 Å². The molecule has 2 heterocycles. The van der Waals surface area contributed by atoms with Crippen LogP contribution in [0.2, 0.25) is 0 Å². The molecule has 6 nitrogen and oxygen atoms in total. The number of fused-ring (bicyclic) bond motifs is 1. The number of nitrogen functional groups attached to an aromatic ring is 1. The Balaban J connectivity index is 2.25. The fraction of sp³-hybridized carbons (Fsp3) is 0.600. The zero-order valence-electron chi connectivity index (χ0n) is 9.67. The summed E-state index contributed by atoms with van der Waals surface area (Å²) in [7, 11) is 0. The van der Waals surface area contributed by atoms with Crippen LogP contribution in [0.1, 0.15) is 13.8 Å². The zero-order chi connectivity index (χ0) is 11.5. The molecule has 1 aliphatic rings. The first kappa shape index (κ1) is 10.8. The summed E-state index contributed by atoms with van der Waals surface area (Å²) in [5.74, 6) is 2.41. The van der Waals surface area contributed by atoms with Gasteiger partial charge in [-0.1, -0.05) is 13.8 Å². The zero-order valence-corrected chi connectivity index (χ0v) is 9.67. The molecule has 1 aromatic rings. The van der Waals surface area contributed by atoms with Gasteiger partial charge in [-0.15, -0.1) is 0 Å². The van der Waals surface area contributed by atoms with Crippen LogP contribution >= 0.6 is 0 Å². The van der Waals surface area contributed by atoms with Gasteiger partial charge in [0.25, 0.3) is 0 Å². The first-order chi connectivity index (χ1) is 7.66. The summed E-state index contributed by atoms with van der Waals surface area (Å²) >= 11 is 0. The van der Waals surface area contributed by atoms with E-state index in [1.54, 1.807) is 0 Å². The van der Waals surface area contributed by atoms with Gasteiger partial charge < -0.3 is 21.7 Å². The van der Waals surface area contributed by atoms with E-state index in [-0.39, 0.29) is 0 Å². The summed E-state index contributed by atoms with van der Waals surface area (Å²) in [5, 5.41) is 9.75. The summed E-state index contributed by atoms with van der Waals surface area (Å²) in [5.41, 5.74) is 6.58. The lowest BCUT2D eigenvalue weighted by Crippen LogP contribution is -2.24. The van der Waals surface area contributed by atoms with Crippen molar-refractivity contribution in [2.45, 2.75) is 13.8 Å². The summed E-state index contributed by atoms with van der Waals surface area (Å²) in [6.07, 6.45) is 0. The largest absolute Gasteiger partial charge is 0.377 e. The van der Waals surface area contributed by atoms with Gasteiger partial charge in [-0.05, 0) is 5.92 Å². The van der Waals surface area contributed by atoms with E-state index in [0.29, 0.717) is 11.9 Å². The normalized spacial score (nSPS) is 13.9. The quantitative estimate of drug-likeness (QED) is 0.609. The maximum Gasteiger partial charge on any atom is 0.224 e. The summed E-state index contributed by atoms with van der Waals surface area (Å²) in [6.45, 7) is 6.89. The molecule has 5 N–H and O–H groups in total. The molecule has 0 aliphatic carbocycles. The lowest BCUT2D eigenvalue weighted by Gasteiger charge is -2.22. The highest BCUT2D eigenvalue weighted by Crippen LogP contribution is 2.29. The molecular weight excluding hydrogens is 204 g/mol. The molecule has 0 atom stereocenters. The Morgan fingerprint density at radius 1 is 1.31 bits per heavy atom. The lowest BCUT2D eigenvalue weighted by molar-refractivity contribution is 0.687. The van der Waals surface area contributed by atoms with E-state index in [0.717, 1.165) is 37.0 Å². The van der Waals surface area contributed by atoms with Crippen LogP contribution in [0.5, 0.6) is 0 Å². The highest BCUT2D eigenvalue weighted by molar-refractivity contribution is 5.79. The third kappa shape index (κ3) is 2.26. The van der Waals surface area contributed by atoms with Gasteiger partial charge >= 0.3 is 0 Å². The molecule has 0 amide bonds. The van der Waals surface area contributed by atoms with Crippen molar-refractivity contribution in [1.29, 1.82) is 0 Å². The van der Waals surface area contributed by atoms with Crippen molar-refractivity contribution in [2.75, 3.05) is 41.3 Å². The maximum atomic E-state index is 5.66. The molecule has 0 spiro atoms. The minimum Gasteiger partial charge on any atom is -0.377 e. The van der Waals surface area contributed by atoms with E-state index in [1.165, 1.54) is 0 Å². The van der Waals surface area contributed by atoms with Gasteiger partial charge in [-0.2, -0.15) is 9.97 Å². The van der Waals surface area contributed by atoms with Crippen LogP contribution in [-0.4, -0.2) is 29.6 Å². The SMILES string of the molecule is CC(C)CNc1nc(N)nc2c1NCCN2. The van der Waals surface area contributed by atoms with Crippen LogP contribution in [0.25, 0.3) is 0 Å². The molecule has 2 rings (SSSR count). The summed E-state index contributed by atoms with van der Waals surface area (Å²) in [6, 6.07) is 0. The molecule has 0 aromatic carbocycles. The monoisotopic (exact) mass is 222 g/mol. The van der Waals surface area contributed by atoms with Crippen molar-refractivity contribution < 1.29 is 0 Å². The van der Waals surface area contributed by atoms with Crippen LogP contribution < -0.4 is 21.7 Å². The Bertz CT molecular complexity index is 376. The minimum absolute atomic E-state index is 0.293. The lowest BCUT2D eigenvalue weighted by atomic mass is 10.2. The molecule has 0 saturated carbocycles. The van der Waals surface area contributed by atoms with E-state index >= 15 is 0 Å². The molecule has 0 saturated heterocycles. The van der Waals surface area contributed by atoms with E-state index < -0.39 is 0 Å². The highest BCUT2D eigenvalue weighted by atomic mass is 15.2. The van der Waals surface area contributed by atoms with Crippen molar-refractivity contribution in [2.24, 2.45) is 5.92 Å². The molecule has 0 radical (unpaired) electrons. The Morgan fingerprint density at radius 3 is 2.81 bits per heavy atom. The molecule has 0 unspecified atom stereocenters. The van der Waals surface area contributed by atoms with Crippen molar-refractivity contribution in [3.05, 3.63) is 0 Å². The van der Waals surface area contributed by atoms with Crippen LogP contribution in [0, 0.1) is 5.92 Å². The molecular formula is C10H18N6. The first-order valence-electron chi connectivity index (χ1n) is 5.56. The molecule has 16 heavy (non-hydrogen) atoms. The van der Waals surface area contributed by atoms with Crippen molar-refractivity contribution in [3.8, 4) is 0 Å². The predicted octanol–water partition coefficient (Wildman–Crippen LogP) is 0.964. The number of rotatable bonds is 3. The van der Waals surface area contributed by atoms with E-state index in [4.69, 9.17) is 5.73 Å². The summed E-state index contributed by atoms with van der Waals surface area (Å²) < 4.78 is 0. The second-order valence-electron chi connectivity index (χ2n) is 4.28. The van der Waals surface area contributed by atoms with Gasteiger partial charge in [0.1, 0.15) is 5.69 Å². The third-order valence-corrected chi connectivity index (χ3v) is 2.32. The first-order valence-corrected chi connectivity index (χ1v) is 5.56. The second-order valence-corrected chi connectivity index (χ2v) is 4.28. The van der Waals surface area contributed by atoms with Crippen LogP contribution in [0.3, 0.4) is 0 Å². The number of hydrogen-bond donors (Lipinski definition) is 4. The molecule has 1 aliphatic heterocycles. The van der Waals surface area contributed by atoms with Gasteiger partial charge in [0.2, 0.25) is 5.95 Å². The standard InChI is InChI=1S/C10H18N6/c1-6(2)5-14-9-7-8(13-4-3-12-7)15-10(11)16-9/h6,12H,3-5H2,1-2H3,(H4,11,13,14,15,16). The van der Waals surface area contributed by atoms with E-state index in [2.05, 4.69) is 39.8 Å². The number of anilines is 4. The third-order valence-electron chi connectivity index (χ3n) is 2.32. The van der Waals surface area contributed by atoms with Gasteiger partial charge in [0.05, 0.1) is 0 Å².